The van der Waals surface area contributed by atoms with E-state index in [1.54, 1.807) is 18.2 Å². The maximum Gasteiger partial charge on any atom is 0.307 e. The smallest absolute Gasteiger partial charge is 0.307 e. The number of nitrogens with one attached hydrogen (secondary N) is 1. The molecule has 2 rings (SSSR count). The van der Waals surface area contributed by atoms with Gasteiger partial charge in [0, 0.05) is 9.50 Å². The van der Waals surface area contributed by atoms with Gasteiger partial charge in [0.2, 0.25) is 5.91 Å². The molecule has 1 aliphatic rings. The zero-order chi connectivity index (χ0) is 14.0. The second kappa shape index (κ2) is 5.92. The standard InChI is InChI=1S/C13H13BrClNO3/c14-10-6-7(15)4-5-11(10)16-12(17)8-2-1-3-9(8)13(18)19/h4-6,8-9H,1-3H2,(H,16,17)(H,18,19)/t8-,9+/m1/s1. The SMILES string of the molecule is O=C(O)[C@H]1CCC[C@H]1C(=O)Nc1ccc(Cl)cc1Br. The number of hydrogen-bond donors (Lipinski definition) is 2. The van der Waals surface area contributed by atoms with Crippen molar-refractivity contribution in [3.8, 4) is 0 Å². The normalized spacial score (nSPS) is 22.2. The molecule has 19 heavy (non-hydrogen) atoms. The Bertz CT molecular complexity index is 521. The van der Waals surface area contributed by atoms with Gasteiger partial charge < -0.3 is 10.4 Å². The van der Waals surface area contributed by atoms with Crippen LogP contribution in [-0.4, -0.2) is 17.0 Å². The highest BCUT2D eigenvalue weighted by Crippen LogP contribution is 2.34. The van der Waals surface area contributed by atoms with E-state index in [1.807, 2.05) is 0 Å². The molecule has 0 radical (unpaired) electrons. The molecule has 0 heterocycles. The van der Waals surface area contributed by atoms with E-state index in [1.165, 1.54) is 0 Å². The quantitative estimate of drug-likeness (QED) is 0.879. The number of amides is 1. The molecule has 1 amide bonds. The largest absolute Gasteiger partial charge is 0.481 e. The third kappa shape index (κ3) is 3.28. The van der Waals surface area contributed by atoms with Crippen LogP contribution in [0, 0.1) is 11.8 Å². The Morgan fingerprint density at radius 2 is 2.00 bits per heavy atom. The van der Waals surface area contributed by atoms with Gasteiger partial charge in [-0.1, -0.05) is 18.0 Å². The highest BCUT2D eigenvalue weighted by atomic mass is 79.9. The summed E-state index contributed by atoms with van der Waals surface area (Å²) < 4.78 is 0.679. The first-order chi connectivity index (χ1) is 8.99. The molecule has 0 saturated heterocycles. The molecule has 1 saturated carbocycles. The van der Waals surface area contributed by atoms with Gasteiger partial charge >= 0.3 is 5.97 Å². The van der Waals surface area contributed by atoms with Crippen LogP contribution in [0.4, 0.5) is 5.69 Å². The molecule has 0 spiro atoms. The Hall–Kier alpha value is -1.07. The lowest BCUT2D eigenvalue weighted by molar-refractivity contribution is -0.145. The number of rotatable bonds is 3. The topological polar surface area (TPSA) is 66.4 Å². The number of carbonyl (C=O) groups is 2. The summed E-state index contributed by atoms with van der Waals surface area (Å²) in [5, 5.41) is 12.4. The minimum atomic E-state index is -0.896. The lowest BCUT2D eigenvalue weighted by Gasteiger charge is -2.16. The molecular weight excluding hydrogens is 334 g/mol. The number of halogens is 2. The number of carbonyl (C=O) groups excluding carboxylic acids is 1. The van der Waals surface area contributed by atoms with Gasteiger partial charge in [0.25, 0.3) is 0 Å². The predicted molar refractivity (Wildman–Crippen MR) is 76.2 cm³/mol. The fourth-order valence-corrected chi connectivity index (χ4v) is 3.17. The van der Waals surface area contributed by atoms with Gasteiger partial charge in [0.05, 0.1) is 17.5 Å². The van der Waals surface area contributed by atoms with Crippen LogP contribution in [0.5, 0.6) is 0 Å². The van der Waals surface area contributed by atoms with Crippen molar-refractivity contribution in [1.82, 2.24) is 0 Å². The summed E-state index contributed by atoms with van der Waals surface area (Å²) in [6, 6.07) is 5.04. The van der Waals surface area contributed by atoms with Crippen LogP contribution in [0.15, 0.2) is 22.7 Å². The van der Waals surface area contributed by atoms with Crippen molar-refractivity contribution >= 4 is 45.1 Å². The monoisotopic (exact) mass is 345 g/mol. The highest BCUT2D eigenvalue weighted by Gasteiger charge is 2.37. The summed E-state index contributed by atoms with van der Waals surface area (Å²) in [6.07, 6.45) is 1.96. The van der Waals surface area contributed by atoms with Crippen molar-refractivity contribution in [1.29, 1.82) is 0 Å². The summed E-state index contributed by atoms with van der Waals surface area (Å²) >= 11 is 9.14. The number of aliphatic carboxylic acids is 1. The molecule has 102 valence electrons. The first-order valence-electron chi connectivity index (χ1n) is 5.98. The molecule has 0 bridgehead atoms. The van der Waals surface area contributed by atoms with Crippen molar-refractivity contribution in [2.45, 2.75) is 19.3 Å². The average Bonchev–Trinajstić information content (AvgIpc) is 2.82. The molecule has 0 aliphatic heterocycles. The average molecular weight is 347 g/mol. The predicted octanol–water partition coefficient (Wildman–Crippen LogP) is 3.54. The summed E-state index contributed by atoms with van der Waals surface area (Å²) in [4.78, 5) is 23.2. The molecular formula is C13H13BrClNO3. The van der Waals surface area contributed by atoms with Crippen LogP contribution in [0.2, 0.25) is 5.02 Å². The second-order valence-corrected chi connectivity index (χ2v) is 5.89. The zero-order valence-corrected chi connectivity index (χ0v) is 12.4. The van der Waals surface area contributed by atoms with Crippen LogP contribution >= 0.6 is 27.5 Å². The van der Waals surface area contributed by atoms with Gasteiger partial charge in [0.1, 0.15) is 0 Å². The van der Waals surface area contributed by atoms with E-state index < -0.39 is 17.8 Å². The molecule has 2 N–H and O–H groups in total. The zero-order valence-electron chi connectivity index (χ0n) is 10.0. The Labute approximate surface area is 124 Å². The van der Waals surface area contributed by atoms with E-state index in [9.17, 15) is 9.59 Å². The van der Waals surface area contributed by atoms with Gasteiger partial charge in [-0.05, 0) is 47.0 Å². The van der Waals surface area contributed by atoms with Crippen LogP contribution in [0.1, 0.15) is 19.3 Å². The Morgan fingerprint density at radius 3 is 2.63 bits per heavy atom. The van der Waals surface area contributed by atoms with E-state index in [2.05, 4.69) is 21.2 Å². The summed E-state index contributed by atoms with van der Waals surface area (Å²) in [5.41, 5.74) is 0.602. The van der Waals surface area contributed by atoms with Gasteiger partial charge in [0.15, 0.2) is 0 Å². The number of carboxylic acid groups (broad SMARTS) is 1. The summed E-state index contributed by atoms with van der Waals surface area (Å²) in [5.74, 6) is -2.17. The van der Waals surface area contributed by atoms with Crippen molar-refractivity contribution in [2.24, 2.45) is 11.8 Å². The van der Waals surface area contributed by atoms with Crippen molar-refractivity contribution in [3.05, 3.63) is 27.7 Å². The van der Waals surface area contributed by atoms with Crippen molar-refractivity contribution in [2.75, 3.05) is 5.32 Å². The number of hydrogen-bond acceptors (Lipinski definition) is 2. The lowest BCUT2D eigenvalue weighted by atomic mass is 9.95. The van der Waals surface area contributed by atoms with E-state index in [0.717, 1.165) is 6.42 Å². The number of carboxylic acids is 1. The van der Waals surface area contributed by atoms with E-state index in [0.29, 0.717) is 28.0 Å². The van der Waals surface area contributed by atoms with Gasteiger partial charge in [-0.25, -0.2) is 0 Å². The molecule has 0 aromatic heterocycles. The fraction of sp³-hybridized carbons (Fsp3) is 0.385. The molecule has 6 heteroatoms. The Morgan fingerprint density at radius 1 is 1.32 bits per heavy atom. The van der Waals surface area contributed by atoms with Gasteiger partial charge in [-0.15, -0.1) is 0 Å². The second-order valence-electron chi connectivity index (χ2n) is 4.60. The molecule has 1 aromatic carbocycles. The van der Waals surface area contributed by atoms with Crippen LogP contribution in [-0.2, 0) is 9.59 Å². The van der Waals surface area contributed by atoms with Crippen LogP contribution in [0.25, 0.3) is 0 Å². The molecule has 2 atom stereocenters. The van der Waals surface area contributed by atoms with Gasteiger partial charge in [-0.3, -0.25) is 9.59 Å². The minimum absolute atomic E-state index is 0.243. The molecule has 4 nitrogen and oxygen atoms in total. The number of benzene rings is 1. The number of anilines is 1. The maximum atomic E-state index is 12.1. The summed E-state index contributed by atoms with van der Waals surface area (Å²) in [7, 11) is 0. The maximum absolute atomic E-state index is 12.1. The molecule has 1 aromatic rings. The van der Waals surface area contributed by atoms with Crippen LogP contribution < -0.4 is 5.32 Å². The van der Waals surface area contributed by atoms with Crippen LogP contribution in [0.3, 0.4) is 0 Å². The Balaban J connectivity index is 2.10. The highest BCUT2D eigenvalue weighted by molar-refractivity contribution is 9.10. The third-order valence-corrected chi connectivity index (χ3v) is 4.25. The van der Waals surface area contributed by atoms with E-state index in [-0.39, 0.29) is 5.91 Å². The third-order valence-electron chi connectivity index (χ3n) is 3.36. The minimum Gasteiger partial charge on any atom is -0.481 e. The van der Waals surface area contributed by atoms with Gasteiger partial charge in [-0.2, -0.15) is 0 Å². The van der Waals surface area contributed by atoms with Crippen molar-refractivity contribution < 1.29 is 14.7 Å². The lowest BCUT2D eigenvalue weighted by Crippen LogP contribution is -2.30. The summed E-state index contributed by atoms with van der Waals surface area (Å²) in [6.45, 7) is 0. The van der Waals surface area contributed by atoms with Crippen molar-refractivity contribution in [3.63, 3.8) is 0 Å². The molecule has 1 aliphatic carbocycles. The first-order valence-corrected chi connectivity index (χ1v) is 7.15. The molecule has 1 fully saturated rings. The fourth-order valence-electron chi connectivity index (χ4n) is 2.39. The van der Waals surface area contributed by atoms with E-state index in [4.69, 9.17) is 16.7 Å². The first kappa shape index (κ1) is 14.3. The molecule has 0 unspecified atom stereocenters. The Kier molecular flexibility index (Phi) is 4.47. The van der Waals surface area contributed by atoms with E-state index >= 15 is 0 Å².